The van der Waals surface area contributed by atoms with Crippen molar-refractivity contribution in [1.82, 2.24) is 0 Å². The molecule has 0 radical (unpaired) electrons. The monoisotopic (exact) mass is 210 g/mol. The molecule has 6 atom stereocenters. The molecule has 84 valence electrons. The molecule has 0 aromatic carbocycles. The molecule has 0 unspecified atom stereocenters. The van der Waals surface area contributed by atoms with Gasteiger partial charge in [0.25, 0.3) is 0 Å². The van der Waals surface area contributed by atoms with Gasteiger partial charge in [0.2, 0.25) is 0 Å². The summed E-state index contributed by atoms with van der Waals surface area (Å²) in [6, 6.07) is 0. The zero-order valence-corrected chi connectivity index (χ0v) is 7.26. The van der Waals surface area contributed by atoms with Crippen molar-refractivity contribution in [3.05, 3.63) is 0 Å². The van der Waals surface area contributed by atoms with Gasteiger partial charge >= 0.3 is 0 Å². The third-order valence-electron chi connectivity index (χ3n) is 2.19. The predicted molar refractivity (Wildman–Crippen MR) is 42.0 cm³/mol. The summed E-state index contributed by atoms with van der Waals surface area (Å²) in [7, 11) is 0. The molecule has 0 aromatic heterocycles. The van der Waals surface area contributed by atoms with Crippen LogP contribution in [0.25, 0.3) is 0 Å². The van der Waals surface area contributed by atoms with Crippen LogP contribution in [0, 0.1) is 0 Å². The number of hydrogen-bond donors (Lipinski definition) is 6. The Hall–Kier alpha value is -0.280. The van der Waals surface area contributed by atoms with E-state index in [9.17, 15) is 10.2 Å². The maximum absolute atomic E-state index is 9.31. The Kier molecular flexibility index (Phi) is 3.78. The second kappa shape index (κ2) is 4.49. The molecule has 1 aliphatic rings. The molecule has 7 nitrogen and oxygen atoms in total. The molecule has 0 aromatic rings. The zero-order chi connectivity index (χ0) is 10.9. The van der Waals surface area contributed by atoms with E-state index in [1.807, 2.05) is 0 Å². The topological polar surface area (TPSA) is 131 Å². The van der Waals surface area contributed by atoms with E-state index < -0.39 is 43.4 Å². The van der Waals surface area contributed by atoms with Crippen LogP contribution >= 0.6 is 0 Å². The highest BCUT2D eigenvalue weighted by atomic mass is 16.6. The van der Waals surface area contributed by atoms with Crippen LogP contribution in [-0.4, -0.2) is 74.1 Å². The van der Waals surface area contributed by atoms with Crippen molar-refractivity contribution in [3.8, 4) is 0 Å². The molecule has 1 fully saturated rings. The quantitative estimate of drug-likeness (QED) is 0.275. The first-order valence-electron chi connectivity index (χ1n) is 4.15. The van der Waals surface area contributed by atoms with Crippen molar-refractivity contribution in [2.45, 2.75) is 36.8 Å². The van der Waals surface area contributed by atoms with Crippen LogP contribution in [-0.2, 0) is 4.74 Å². The van der Waals surface area contributed by atoms with Crippen molar-refractivity contribution >= 4 is 0 Å². The van der Waals surface area contributed by atoms with E-state index >= 15 is 0 Å². The summed E-state index contributed by atoms with van der Waals surface area (Å²) in [5.41, 5.74) is 0. The van der Waals surface area contributed by atoms with Gasteiger partial charge in [0, 0.05) is 0 Å². The molecule has 1 heterocycles. The van der Waals surface area contributed by atoms with E-state index in [0.29, 0.717) is 0 Å². The van der Waals surface area contributed by atoms with Crippen molar-refractivity contribution < 1.29 is 35.4 Å². The van der Waals surface area contributed by atoms with E-state index in [1.54, 1.807) is 0 Å². The van der Waals surface area contributed by atoms with Crippen molar-refractivity contribution in [3.63, 3.8) is 0 Å². The number of ether oxygens (including phenoxy) is 1. The van der Waals surface area contributed by atoms with Crippen LogP contribution < -0.4 is 0 Å². The fourth-order valence-corrected chi connectivity index (χ4v) is 1.31. The van der Waals surface area contributed by atoms with Crippen LogP contribution in [0.5, 0.6) is 0 Å². The van der Waals surface area contributed by atoms with Crippen LogP contribution in [0.4, 0.5) is 0 Å². The highest BCUT2D eigenvalue weighted by Crippen LogP contribution is 2.21. The van der Waals surface area contributed by atoms with Gasteiger partial charge in [-0.2, -0.15) is 0 Å². The lowest BCUT2D eigenvalue weighted by Crippen LogP contribution is -2.61. The van der Waals surface area contributed by atoms with E-state index in [-0.39, 0.29) is 0 Å². The Bertz CT molecular complexity index is 187. The maximum Gasteiger partial charge on any atom is 0.184 e. The standard InChI is InChI=1S/C7H14O7/c8-1-2(9)6-4(11)3(10)5(12)7(13)14-6/h2-13H,1H2/t2-,3-,4-,5-,6+,7-/m0/s1. The molecule has 0 bridgehead atoms. The van der Waals surface area contributed by atoms with Gasteiger partial charge in [-0.15, -0.1) is 0 Å². The molecule has 7 heteroatoms. The minimum absolute atomic E-state index is 0.683. The van der Waals surface area contributed by atoms with Gasteiger partial charge in [-0.3, -0.25) is 0 Å². The van der Waals surface area contributed by atoms with E-state index in [2.05, 4.69) is 4.74 Å². The molecule has 1 saturated heterocycles. The molecule has 6 N–H and O–H groups in total. The highest BCUT2D eigenvalue weighted by molar-refractivity contribution is 4.91. The molecular weight excluding hydrogens is 196 g/mol. The third-order valence-corrected chi connectivity index (χ3v) is 2.19. The van der Waals surface area contributed by atoms with Gasteiger partial charge in [0.15, 0.2) is 6.29 Å². The summed E-state index contributed by atoms with van der Waals surface area (Å²) in [6.45, 7) is -0.683. The lowest BCUT2D eigenvalue weighted by atomic mass is 9.96. The number of aliphatic hydroxyl groups is 6. The number of rotatable bonds is 2. The lowest BCUT2D eigenvalue weighted by Gasteiger charge is -2.39. The van der Waals surface area contributed by atoms with Gasteiger partial charge in [-0.25, -0.2) is 0 Å². The smallest absolute Gasteiger partial charge is 0.184 e. The van der Waals surface area contributed by atoms with Crippen molar-refractivity contribution in [1.29, 1.82) is 0 Å². The van der Waals surface area contributed by atoms with Gasteiger partial charge in [0.05, 0.1) is 6.61 Å². The average Bonchev–Trinajstić information content (AvgIpc) is 2.19. The summed E-state index contributed by atoms with van der Waals surface area (Å²) < 4.78 is 4.62. The van der Waals surface area contributed by atoms with Crippen LogP contribution in [0.3, 0.4) is 0 Å². The van der Waals surface area contributed by atoms with Crippen LogP contribution in [0.1, 0.15) is 0 Å². The average molecular weight is 210 g/mol. The summed E-state index contributed by atoms with van der Waals surface area (Å²) in [5, 5.41) is 54.3. The Morgan fingerprint density at radius 1 is 1.00 bits per heavy atom. The fourth-order valence-electron chi connectivity index (χ4n) is 1.31. The minimum atomic E-state index is -1.69. The summed E-state index contributed by atoms with van der Waals surface area (Å²) in [6.07, 6.45) is -9.26. The third kappa shape index (κ3) is 2.04. The maximum atomic E-state index is 9.31. The number of hydrogen-bond acceptors (Lipinski definition) is 7. The first kappa shape index (κ1) is 11.8. The molecular formula is C7H14O7. The minimum Gasteiger partial charge on any atom is -0.394 e. The second-order valence-corrected chi connectivity index (χ2v) is 3.21. The first-order valence-corrected chi connectivity index (χ1v) is 4.15. The van der Waals surface area contributed by atoms with E-state index in [0.717, 1.165) is 0 Å². The molecule has 0 aliphatic carbocycles. The summed E-state index contributed by atoms with van der Waals surface area (Å²) >= 11 is 0. The summed E-state index contributed by atoms with van der Waals surface area (Å²) in [4.78, 5) is 0. The van der Waals surface area contributed by atoms with Crippen molar-refractivity contribution in [2.24, 2.45) is 0 Å². The SMILES string of the molecule is OC[C@H](O)[C@H]1O[C@H](O)[C@@H](O)[C@@H](O)[C@@H]1O. The van der Waals surface area contributed by atoms with E-state index in [4.69, 9.17) is 20.4 Å². The largest absolute Gasteiger partial charge is 0.394 e. The van der Waals surface area contributed by atoms with E-state index in [1.165, 1.54) is 0 Å². The summed E-state index contributed by atoms with van der Waals surface area (Å²) in [5.74, 6) is 0. The van der Waals surface area contributed by atoms with Crippen LogP contribution in [0.2, 0.25) is 0 Å². The van der Waals surface area contributed by atoms with Gasteiger partial charge < -0.3 is 35.4 Å². The van der Waals surface area contributed by atoms with Gasteiger partial charge in [-0.05, 0) is 0 Å². The molecule has 0 amide bonds. The molecule has 1 rings (SSSR count). The Balaban J connectivity index is 2.70. The first-order chi connectivity index (χ1) is 6.49. The molecule has 0 spiro atoms. The Morgan fingerprint density at radius 3 is 2.07 bits per heavy atom. The molecule has 0 saturated carbocycles. The zero-order valence-electron chi connectivity index (χ0n) is 7.26. The predicted octanol–water partition coefficient (Wildman–Crippen LogP) is -3.86. The lowest BCUT2D eigenvalue weighted by molar-refractivity contribution is -0.298. The second-order valence-electron chi connectivity index (χ2n) is 3.21. The van der Waals surface area contributed by atoms with Crippen LogP contribution in [0.15, 0.2) is 0 Å². The highest BCUT2D eigenvalue weighted by Gasteiger charge is 2.45. The normalized spacial score (nSPS) is 46.3. The Labute approximate surface area is 79.8 Å². The molecule has 14 heavy (non-hydrogen) atoms. The van der Waals surface area contributed by atoms with Gasteiger partial charge in [-0.1, -0.05) is 0 Å². The van der Waals surface area contributed by atoms with Crippen molar-refractivity contribution in [2.75, 3.05) is 6.61 Å². The fraction of sp³-hybridized carbons (Fsp3) is 1.00. The number of aliphatic hydroxyl groups excluding tert-OH is 6. The Morgan fingerprint density at radius 2 is 1.57 bits per heavy atom. The molecule has 1 aliphatic heterocycles. The van der Waals surface area contributed by atoms with Gasteiger partial charge in [0.1, 0.15) is 30.5 Å².